The predicted octanol–water partition coefficient (Wildman–Crippen LogP) is 2.59. The van der Waals surface area contributed by atoms with E-state index in [0.717, 1.165) is 11.1 Å². The molecule has 1 saturated heterocycles. The molecule has 1 aliphatic heterocycles. The number of ether oxygens (including phenoxy) is 1. The Morgan fingerprint density at radius 3 is 2.32 bits per heavy atom. The zero-order valence-electron chi connectivity index (χ0n) is 12.3. The molecule has 4 nitrogen and oxygen atoms in total. The number of benzene rings is 2. The fraction of sp³-hybridized carbons (Fsp3) is 0.294. The summed E-state index contributed by atoms with van der Waals surface area (Å²) in [6, 6.07) is 19.0. The van der Waals surface area contributed by atoms with Gasteiger partial charge in [-0.1, -0.05) is 60.7 Å². The van der Waals surface area contributed by atoms with Crippen LogP contribution in [0.3, 0.4) is 0 Å². The van der Waals surface area contributed by atoms with Crippen molar-refractivity contribution in [3.05, 3.63) is 71.8 Å². The van der Waals surface area contributed by atoms with Gasteiger partial charge in [0.25, 0.3) is 0 Å². The van der Waals surface area contributed by atoms with Crippen molar-refractivity contribution in [1.82, 2.24) is 4.31 Å². The summed E-state index contributed by atoms with van der Waals surface area (Å²) in [5, 5.41) is 0. The zero-order chi connectivity index (χ0) is 15.4. The van der Waals surface area contributed by atoms with Crippen LogP contribution in [-0.2, 0) is 20.5 Å². The highest BCUT2D eigenvalue weighted by atomic mass is 32.2. The molecule has 22 heavy (non-hydrogen) atoms. The van der Waals surface area contributed by atoms with Gasteiger partial charge in [0.05, 0.1) is 18.5 Å². The summed E-state index contributed by atoms with van der Waals surface area (Å²) >= 11 is 0. The van der Waals surface area contributed by atoms with E-state index in [4.69, 9.17) is 4.74 Å². The molecule has 0 saturated carbocycles. The quantitative estimate of drug-likeness (QED) is 0.871. The maximum atomic E-state index is 12.6. The van der Waals surface area contributed by atoms with Crippen molar-refractivity contribution in [2.75, 3.05) is 19.7 Å². The van der Waals surface area contributed by atoms with Crippen LogP contribution in [0.2, 0.25) is 0 Å². The average molecular weight is 317 g/mol. The van der Waals surface area contributed by atoms with E-state index < -0.39 is 10.0 Å². The Balaban J connectivity index is 1.74. The molecule has 0 aromatic heterocycles. The molecule has 1 heterocycles. The van der Waals surface area contributed by atoms with Crippen molar-refractivity contribution >= 4 is 10.0 Å². The van der Waals surface area contributed by atoms with Gasteiger partial charge in [0.2, 0.25) is 10.0 Å². The average Bonchev–Trinajstić information content (AvgIpc) is 2.56. The molecule has 2 aromatic rings. The van der Waals surface area contributed by atoms with Gasteiger partial charge >= 0.3 is 0 Å². The third kappa shape index (κ3) is 3.55. The summed E-state index contributed by atoms with van der Waals surface area (Å²) in [6.45, 7) is 1.21. The minimum Gasteiger partial charge on any atom is -0.371 e. The molecule has 3 rings (SSSR count). The van der Waals surface area contributed by atoms with Gasteiger partial charge in [-0.15, -0.1) is 0 Å². The number of rotatable bonds is 4. The van der Waals surface area contributed by atoms with Gasteiger partial charge in [-0.25, -0.2) is 8.42 Å². The second-order valence-electron chi connectivity index (χ2n) is 5.37. The van der Waals surface area contributed by atoms with E-state index in [2.05, 4.69) is 0 Å². The summed E-state index contributed by atoms with van der Waals surface area (Å²) in [5.41, 5.74) is 1.83. The molecule has 1 atom stereocenters. The van der Waals surface area contributed by atoms with E-state index in [-0.39, 0.29) is 11.9 Å². The van der Waals surface area contributed by atoms with Crippen molar-refractivity contribution in [3.63, 3.8) is 0 Å². The molecule has 0 radical (unpaired) electrons. The molecular formula is C17H19NO3S. The first-order valence-electron chi connectivity index (χ1n) is 7.33. The lowest BCUT2D eigenvalue weighted by atomic mass is 10.1. The Morgan fingerprint density at radius 2 is 1.64 bits per heavy atom. The first kappa shape index (κ1) is 15.2. The predicted molar refractivity (Wildman–Crippen MR) is 85.8 cm³/mol. The Hall–Kier alpha value is -1.69. The minimum atomic E-state index is -3.32. The largest absolute Gasteiger partial charge is 0.371 e. The molecule has 0 N–H and O–H groups in total. The van der Waals surface area contributed by atoms with Crippen molar-refractivity contribution in [2.24, 2.45) is 0 Å². The Labute approximate surface area is 131 Å². The van der Waals surface area contributed by atoms with Crippen LogP contribution in [0.25, 0.3) is 0 Å². The zero-order valence-corrected chi connectivity index (χ0v) is 13.1. The van der Waals surface area contributed by atoms with E-state index in [9.17, 15) is 8.42 Å². The standard InChI is InChI=1S/C17H19NO3S/c19-22(20,14-15-7-3-1-4-8-15)18-11-12-21-17(13-18)16-9-5-2-6-10-16/h1-10,17H,11-14H2. The molecule has 1 unspecified atom stereocenters. The highest BCUT2D eigenvalue weighted by molar-refractivity contribution is 7.88. The second-order valence-corrected chi connectivity index (χ2v) is 7.34. The molecule has 1 aliphatic rings. The third-order valence-corrected chi connectivity index (χ3v) is 5.60. The minimum absolute atomic E-state index is 0.0371. The highest BCUT2D eigenvalue weighted by Crippen LogP contribution is 2.24. The fourth-order valence-electron chi connectivity index (χ4n) is 2.62. The lowest BCUT2D eigenvalue weighted by Gasteiger charge is -2.32. The number of nitrogens with zero attached hydrogens (tertiary/aromatic N) is 1. The van der Waals surface area contributed by atoms with Crippen LogP contribution in [0.4, 0.5) is 0 Å². The first-order valence-corrected chi connectivity index (χ1v) is 8.94. The van der Waals surface area contributed by atoms with Crippen molar-refractivity contribution in [1.29, 1.82) is 0 Å². The molecule has 0 spiro atoms. The fourth-order valence-corrected chi connectivity index (χ4v) is 4.14. The van der Waals surface area contributed by atoms with Crippen LogP contribution in [0.1, 0.15) is 17.2 Å². The number of morpholine rings is 1. The number of sulfonamides is 1. The molecule has 0 bridgehead atoms. The maximum Gasteiger partial charge on any atom is 0.218 e. The molecule has 1 fully saturated rings. The summed E-state index contributed by atoms with van der Waals surface area (Å²) in [7, 11) is -3.32. The third-order valence-electron chi connectivity index (χ3n) is 3.79. The maximum absolute atomic E-state index is 12.6. The van der Waals surface area contributed by atoms with Gasteiger partial charge in [-0.3, -0.25) is 0 Å². The number of hydrogen-bond acceptors (Lipinski definition) is 3. The van der Waals surface area contributed by atoms with Crippen LogP contribution in [-0.4, -0.2) is 32.4 Å². The van der Waals surface area contributed by atoms with Crippen LogP contribution >= 0.6 is 0 Å². The van der Waals surface area contributed by atoms with Gasteiger partial charge in [-0.2, -0.15) is 4.31 Å². The molecule has 2 aromatic carbocycles. The van der Waals surface area contributed by atoms with Gasteiger partial charge in [0.1, 0.15) is 0 Å². The Morgan fingerprint density at radius 1 is 1.00 bits per heavy atom. The Kier molecular flexibility index (Phi) is 4.57. The van der Waals surface area contributed by atoms with E-state index in [0.29, 0.717) is 19.7 Å². The summed E-state index contributed by atoms with van der Waals surface area (Å²) in [4.78, 5) is 0. The topological polar surface area (TPSA) is 46.6 Å². The molecule has 5 heteroatoms. The smallest absolute Gasteiger partial charge is 0.218 e. The molecule has 0 amide bonds. The number of hydrogen-bond donors (Lipinski definition) is 0. The SMILES string of the molecule is O=S(=O)(Cc1ccccc1)N1CCOC(c2ccccc2)C1. The van der Waals surface area contributed by atoms with Gasteiger partial charge in [-0.05, 0) is 11.1 Å². The van der Waals surface area contributed by atoms with Crippen molar-refractivity contribution < 1.29 is 13.2 Å². The molecule has 0 aliphatic carbocycles. The van der Waals surface area contributed by atoms with Crippen LogP contribution in [0.15, 0.2) is 60.7 Å². The molecule has 116 valence electrons. The second kappa shape index (κ2) is 6.60. The lowest BCUT2D eigenvalue weighted by molar-refractivity contribution is -0.00260. The summed E-state index contributed by atoms with van der Waals surface area (Å²) < 4.78 is 32.5. The Bertz CT molecular complexity index is 701. The highest BCUT2D eigenvalue weighted by Gasteiger charge is 2.30. The van der Waals surface area contributed by atoms with Gasteiger partial charge in [0, 0.05) is 13.1 Å². The van der Waals surface area contributed by atoms with Crippen molar-refractivity contribution in [2.45, 2.75) is 11.9 Å². The van der Waals surface area contributed by atoms with Gasteiger partial charge < -0.3 is 4.74 Å². The van der Waals surface area contributed by atoms with E-state index >= 15 is 0 Å². The van der Waals surface area contributed by atoms with E-state index in [1.54, 1.807) is 4.31 Å². The van der Waals surface area contributed by atoms with Crippen LogP contribution in [0.5, 0.6) is 0 Å². The van der Waals surface area contributed by atoms with E-state index in [1.807, 2.05) is 60.7 Å². The monoisotopic (exact) mass is 317 g/mol. The van der Waals surface area contributed by atoms with E-state index in [1.165, 1.54) is 0 Å². The van der Waals surface area contributed by atoms with Gasteiger partial charge in [0.15, 0.2) is 0 Å². The van der Waals surface area contributed by atoms with Crippen molar-refractivity contribution in [3.8, 4) is 0 Å². The molecular weight excluding hydrogens is 298 g/mol. The normalized spacial score (nSPS) is 19.9. The summed E-state index contributed by atoms with van der Waals surface area (Å²) in [6.07, 6.45) is -0.194. The van der Waals surface area contributed by atoms with Crippen LogP contribution < -0.4 is 0 Å². The van der Waals surface area contributed by atoms with Crippen LogP contribution in [0, 0.1) is 0 Å². The summed E-state index contributed by atoms with van der Waals surface area (Å²) in [5.74, 6) is 0.0371. The lowest BCUT2D eigenvalue weighted by Crippen LogP contribution is -2.42. The first-order chi connectivity index (χ1) is 10.6.